The van der Waals surface area contributed by atoms with Crippen molar-refractivity contribution in [1.29, 1.82) is 0 Å². The van der Waals surface area contributed by atoms with E-state index in [4.69, 9.17) is 40.7 Å². The van der Waals surface area contributed by atoms with E-state index >= 15 is 0 Å². The second kappa shape index (κ2) is 13.8. The fraction of sp³-hybridized carbons (Fsp3) is 0.195. The van der Waals surface area contributed by atoms with Gasteiger partial charge < -0.3 is 19.0 Å². The molecule has 1 atom stereocenters. The number of methoxy groups -OCH3 is 1. The van der Waals surface area contributed by atoms with Crippen molar-refractivity contribution >= 4 is 34.6 Å². The van der Waals surface area contributed by atoms with Crippen LogP contribution in [0.15, 0.2) is 132 Å². The first-order chi connectivity index (χ1) is 24.7. The van der Waals surface area contributed by atoms with E-state index in [-0.39, 0.29) is 29.0 Å². The largest absolute Gasteiger partial charge is 0.469 e. The van der Waals surface area contributed by atoms with Gasteiger partial charge in [0, 0.05) is 18.3 Å². The molecule has 0 aliphatic carbocycles. The first-order valence-corrected chi connectivity index (χ1v) is 17.0. The number of esters is 1. The topological polar surface area (TPSA) is 108 Å². The Kier molecular flexibility index (Phi) is 9.14. The highest BCUT2D eigenvalue weighted by Crippen LogP contribution is 2.44. The number of hydrogen-bond donors (Lipinski definition) is 1. The molecule has 0 radical (unpaired) electrons. The second-order valence-electron chi connectivity index (χ2n) is 13.4. The standard InChI is InChI=1S/C41H37ClN6O3/c1-40(2,3)33(24-36(49)50-4)45-35-23-31(32-21-14-22-51-32)44-38(47-35)30-26-48(39-37(30)46-34(42)25-43-39)41(27-15-8-5-9-16-27,28-17-10-6-11-18-28)29-19-12-7-13-20-29/h5-23,25-26,33H,24H2,1-4H3,(H,44,45,47). The van der Waals surface area contributed by atoms with Gasteiger partial charge in [0.2, 0.25) is 0 Å². The van der Waals surface area contributed by atoms with E-state index in [1.54, 1.807) is 12.5 Å². The van der Waals surface area contributed by atoms with Crippen LogP contribution in [0.2, 0.25) is 5.15 Å². The predicted molar refractivity (Wildman–Crippen MR) is 199 cm³/mol. The molecule has 9 nitrogen and oxygen atoms in total. The Morgan fingerprint density at radius 2 is 1.47 bits per heavy atom. The van der Waals surface area contributed by atoms with Crippen molar-refractivity contribution in [3.05, 3.63) is 150 Å². The lowest BCUT2D eigenvalue weighted by Gasteiger charge is -2.38. The molecule has 7 aromatic rings. The van der Waals surface area contributed by atoms with Crippen LogP contribution in [0.5, 0.6) is 0 Å². The Labute approximate surface area is 301 Å². The van der Waals surface area contributed by atoms with E-state index < -0.39 is 5.54 Å². The van der Waals surface area contributed by atoms with E-state index in [0.717, 1.165) is 16.7 Å². The van der Waals surface area contributed by atoms with Crippen molar-refractivity contribution in [1.82, 2.24) is 24.5 Å². The number of anilines is 1. The van der Waals surface area contributed by atoms with E-state index in [1.807, 2.05) is 79.0 Å². The molecule has 10 heteroatoms. The van der Waals surface area contributed by atoms with Crippen molar-refractivity contribution in [2.75, 3.05) is 12.4 Å². The number of carbonyl (C=O) groups is 1. The predicted octanol–water partition coefficient (Wildman–Crippen LogP) is 9.03. The summed E-state index contributed by atoms with van der Waals surface area (Å²) in [4.78, 5) is 32.3. The maximum atomic E-state index is 12.5. The summed E-state index contributed by atoms with van der Waals surface area (Å²) in [6.45, 7) is 6.18. The molecule has 0 amide bonds. The average Bonchev–Trinajstić information content (AvgIpc) is 3.82. The summed E-state index contributed by atoms with van der Waals surface area (Å²) < 4.78 is 13.0. The molecule has 1 unspecified atom stereocenters. The van der Waals surface area contributed by atoms with E-state index in [1.165, 1.54) is 7.11 Å². The number of rotatable bonds is 10. The third-order valence-corrected chi connectivity index (χ3v) is 9.29. The molecule has 0 aliphatic heterocycles. The van der Waals surface area contributed by atoms with Gasteiger partial charge in [-0.25, -0.2) is 19.9 Å². The van der Waals surface area contributed by atoms with Crippen molar-refractivity contribution in [3.63, 3.8) is 0 Å². The monoisotopic (exact) mass is 696 g/mol. The lowest BCUT2D eigenvalue weighted by molar-refractivity contribution is -0.141. The van der Waals surface area contributed by atoms with Gasteiger partial charge in [0.05, 0.1) is 31.6 Å². The van der Waals surface area contributed by atoms with E-state index in [0.29, 0.717) is 39.8 Å². The van der Waals surface area contributed by atoms with Crippen LogP contribution in [0.25, 0.3) is 34.0 Å². The van der Waals surface area contributed by atoms with Gasteiger partial charge in [0.25, 0.3) is 0 Å². The first kappa shape index (κ1) is 33.7. The van der Waals surface area contributed by atoms with Gasteiger partial charge >= 0.3 is 5.97 Å². The van der Waals surface area contributed by atoms with Gasteiger partial charge in [-0.3, -0.25) is 4.79 Å². The molecule has 0 aliphatic rings. The minimum atomic E-state index is -0.889. The van der Waals surface area contributed by atoms with Crippen LogP contribution in [-0.2, 0) is 15.1 Å². The summed E-state index contributed by atoms with van der Waals surface area (Å²) in [7, 11) is 1.39. The molecular formula is C41H37ClN6O3. The molecule has 1 N–H and O–H groups in total. The Morgan fingerprint density at radius 3 is 2.00 bits per heavy atom. The maximum Gasteiger partial charge on any atom is 0.307 e. The number of nitrogens with zero attached hydrogens (tertiary/aromatic N) is 5. The number of furan rings is 1. The van der Waals surface area contributed by atoms with Crippen molar-refractivity contribution in [3.8, 4) is 22.8 Å². The molecule has 0 saturated heterocycles. The number of nitrogens with one attached hydrogen (secondary N) is 1. The Balaban J connectivity index is 1.52. The minimum Gasteiger partial charge on any atom is -0.469 e. The van der Waals surface area contributed by atoms with Crippen molar-refractivity contribution in [2.24, 2.45) is 5.41 Å². The Morgan fingerprint density at radius 1 is 0.863 bits per heavy atom. The number of aromatic nitrogens is 5. The van der Waals surface area contributed by atoms with Crippen molar-refractivity contribution < 1.29 is 13.9 Å². The molecule has 4 heterocycles. The molecule has 3 aromatic carbocycles. The number of fused-ring (bicyclic) bond motifs is 1. The quantitative estimate of drug-likeness (QED) is 0.112. The van der Waals surface area contributed by atoms with Crippen molar-refractivity contribution in [2.45, 2.75) is 38.8 Å². The Hall–Kier alpha value is -5.80. The number of carbonyl (C=O) groups excluding carboxylic acids is 1. The highest BCUT2D eigenvalue weighted by atomic mass is 35.5. The second-order valence-corrected chi connectivity index (χ2v) is 13.8. The van der Waals surface area contributed by atoms with Gasteiger partial charge in [-0.15, -0.1) is 0 Å². The molecular weight excluding hydrogens is 660 g/mol. The SMILES string of the molecule is COC(=O)CC(Nc1cc(-c2ccco2)nc(-c2cn(C(c3ccccc3)(c3ccccc3)c3ccccc3)c3ncc(Cl)nc23)n1)C(C)(C)C. The highest BCUT2D eigenvalue weighted by Gasteiger charge is 2.40. The number of benzene rings is 3. The van der Waals surface area contributed by atoms with E-state index in [2.05, 4.69) is 67.1 Å². The zero-order valence-corrected chi connectivity index (χ0v) is 29.5. The van der Waals surface area contributed by atoms with Crippen LogP contribution >= 0.6 is 11.6 Å². The summed E-state index contributed by atoms with van der Waals surface area (Å²) in [6, 6.07) is 36.2. The fourth-order valence-corrected chi connectivity index (χ4v) is 6.67. The third-order valence-electron chi connectivity index (χ3n) is 9.11. The van der Waals surface area contributed by atoms with Crippen LogP contribution in [0.1, 0.15) is 43.9 Å². The van der Waals surface area contributed by atoms with Crippen LogP contribution in [-0.4, -0.2) is 43.6 Å². The summed E-state index contributed by atoms with van der Waals surface area (Å²) in [5.41, 5.74) is 4.13. The molecule has 7 rings (SSSR count). The minimum absolute atomic E-state index is 0.142. The average molecular weight is 697 g/mol. The Bertz CT molecular complexity index is 2170. The molecule has 0 saturated carbocycles. The molecule has 51 heavy (non-hydrogen) atoms. The highest BCUT2D eigenvalue weighted by molar-refractivity contribution is 6.29. The third kappa shape index (κ3) is 6.48. The van der Waals surface area contributed by atoms with Crippen LogP contribution in [0.4, 0.5) is 5.82 Å². The lowest BCUT2D eigenvalue weighted by atomic mass is 9.76. The maximum absolute atomic E-state index is 12.5. The van der Waals surface area contributed by atoms with Crippen LogP contribution in [0.3, 0.4) is 0 Å². The number of halogens is 1. The summed E-state index contributed by atoms with van der Waals surface area (Å²) in [6.07, 6.45) is 5.31. The van der Waals surface area contributed by atoms with Gasteiger partial charge in [-0.05, 0) is 34.2 Å². The summed E-state index contributed by atoms with van der Waals surface area (Å²) >= 11 is 6.58. The number of hydrogen-bond acceptors (Lipinski definition) is 8. The van der Waals surface area contributed by atoms with Gasteiger partial charge in [0.15, 0.2) is 17.2 Å². The van der Waals surface area contributed by atoms with Crippen LogP contribution in [0, 0.1) is 5.41 Å². The molecule has 256 valence electrons. The van der Waals surface area contributed by atoms with Gasteiger partial charge in [0.1, 0.15) is 27.7 Å². The first-order valence-electron chi connectivity index (χ1n) is 16.7. The molecule has 0 bridgehead atoms. The number of ether oxygens (including phenoxy) is 1. The van der Waals surface area contributed by atoms with Gasteiger partial charge in [-0.2, -0.15) is 0 Å². The fourth-order valence-electron chi connectivity index (χ4n) is 6.54. The van der Waals surface area contributed by atoms with Crippen LogP contribution < -0.4 is 5.32 Å². The molecule has 0 spiro atoms. The van der Waals surface area contributed by atoms with Gasteiger partial charge in [-0.1, -0.05) is 123 Å². The summed E-state index contributed by atoms with van der Waals surface area (Å²) in [5.74, 6) is 1.11. The summed E-state index contributed by atoms with van der Waals surface area (Å²) in [5, 5.41) is 3.74. The van der Waals surface area contributed by atoms with E-state index in [9.17, 15) is 4.79 Å². The lowest BCUT2D eigenvalue weighted by Crippen LogP contribution is -2.37. The zero-order valence-electron chi connectivity index (χ0n) is 28.7. The normalized spacial score (nSPS) is 12.5. The molecule has 0 fully saturated rings. The zero-order chi connectivity index (χ0) is 35.6. The smallest absolute Gasteiger partial charge is 0.307 e. The molecule has 4 aromatic heterocycles.